The fraction of sp³-hybridized carbons (Fsp3) is 0.167. The van der Waals surface area contributed by atoms with Crippen LogP contribution in [-0.2, 0) is 6.54 Å². The van der Waals surface area contributed by atoms with Gasteiger partial charge in [0.1, 0.15) is 5.82 Å². The van der Waals surface area contributed by atoms with Gasteiger partial charge < -0.3 is 5.32 Å². The predicted molar refractivity (Wildman–Crippen MR) is 111 cm³/mol. The van der Waals surface area contributed by atoms with Crippen LogP contribution >= 0.6 is 50.8 Å². The van der Waals surface area contributed by atoms with Crippen molar-refractivity contribution in [1.82, 2.24) is 4.98 Å². The second kappa shape index (κ2) is 8.43. The van der Waals surface area contributed by atoms with E-state index in [1.165, 1.54) is 19.5 Å². The highest BCUT2D eigenvalue weighted by molar-refractivity contribution is 9.10. The number of aryl methyl sites for hydroxylation is 1. The summed E-state index contributed by atoms with van der Waals surface area (Å²) in [5.41, 5.74) is 1.24. The Kier molecular flexibility index (Phi) is 6.27. The third kappa shape index (κ3) is 4.57. The number of pyridine rings is 1. The van der Waals surface area contributed by atoms with Crippen LogP contribution in [-0.4, -0.2) is 11.2 Å². The molecular formula is C18H17BrN2S3. The Morgan fingerprint density at radius 3 is 2.71 bits per heavy atom. The maximum Gasteiger partial charge on any atom is 0.140 e. The van der Waals surface area contributed by atoms with Crippen LogP contribution in [0, 0.1) is 6.92 Å². The summed E-state index contributed by atoms with van der Waals surface area (Å²) in [6.45, 7) is 2.92. The van der Waals surface area contributed by atoms with Crippen molar-refractivity contribution in [3.8, 4) is 0 Å². The molecule has 0 spiro atoms. The van der Waals surface area contributed by atoms with Crippen LogP contribution in [0.5, 0.6) is 0 Å². The van der Waals surface area contributed by atoms with Crippen LogP contribution in [0.3, 0.4) is 0 Å². The molecule has 3 rings (SSSR count). The SMILES string of the molecule is CSc1sc(C)cc1Sc1cnc(NCc2ccccc2)c(Br)c1. The minimum Gasteiger partial charge on any atom is -0.365 e. The van der Waals surface area contributed by atoms with Gasteiger partial charge in [0, 0.05) is 27.4 Å². The zero-order valence-corrected chi connectivity index (χ0v) is 17.4. The number of aromatic nitrogens is 1. The number of thiophene rings is 1. The summed E-state index contributed by atoms with van der Waals surface area (Å²) in [7, 11) is 0. The molecule has 0 amide bonds. The lowest BCUT2D eigenvalue weighted by molar-refractivity contribution is 1.09. The third-order valence-electron chi connectivity index (χ3n) is 3.32. The molecule has 2 nitrogen and oxygen atoms in total. The first-order chi connectivity index (χ1) is 11.7. The topological polar surface area (TPSA) is 24.9 Å². The molecule has 6 heteroatoms. The van der Waals surface area contributed by atoms with Crippen LogP contribution in [0.4, 0.5) is 5.82 Å². The van der Waals surface area contributed by atoms with Gasteiger partial charge in [-0.2, -0.15) is 0 Å². The number of benzene rings is 1. The molecule has 0 saturated heterocycles. The average Bonchev–Trinajstić information content (AvgIpc) is 2.94. The van der Waals surface area contributed by atoms with Crippen LogP contribution in [0.2, 0.25) is 0 Å². The lowest BCUT2D eigenvalue weighted by Gasteiger charge is -2.09. The maximum atomic E-state index is 4.57. The van der Waals surface area contributed by atoms with Gasteiger partial charge in [-0.15, -0.1) is 23.1 Å². The van der Waals surface area contributed by atoms with Crippen molar-refractivity contribution >= 4 is 56.6 Å². The van der Waals surface area contributed by atoms with Crippen molar-refractivity contribution in [3.05, 3.63) is 63.6 Å². The molecule has 24 heavy (non-hydrogen) atoms. The van der Waals surface area contributed by atoms with E-state index in [0.29, 0.717) is 0 Å². The van der Waals surface area contributed by atoms with Gasteiger partial charge in [0.15, 0.2) is 0 Å². The van der Waals surface area contributed by atoms with Crippen molar-refractivity contribution in [2.75, 3.05) is 11.6 Å². The van der Waals surface area contributed by atoms with E-state index in [1.54, 1.807) is 23.5 Å². The summed E-state index contributed by atoms with van der Waals surface area (Å²) < 4.78 is 2.35. The van der Waals surface area contributed by atoms with E-state index in [0.717, 1.165) is 21.7 Å². The zero-order valence-electron chi connectivity index (χ0n) is 13.4. The van der Waals surface area contributed by atoms with E-state index in [9.17, 15) is 0 Å². The third-order valence-corrected chi connectivity index (χ3v) is 7.37. The van der Waals surface area contributed by atoms with E-state index in [-0.39, 0.29) is 0 Å². The Hall–Kier alpha value is -0.950. The number of rotatable bonds is 6. The minimum absolute atomic E-state index is 0.763. The second-order valence-electron chi connectivity index (χ2n) is 5.16. The molecule has 1 N–H and O–H groups in total. The molecule has 0 aliphatic rings. The number of hydrogen-bond donors (Lipinski definition) is 1. The molecule has 3 aromatic rings. The van der Waals surface area contributed by atoms with Gasteiger partial charge in [-0.1, -0.05) is 42.1 Å². The summed E-state index contributed by atoms with van der Waals surface area (Å²) in [5, 5.41) is 3.38. The predicted octanol–water partition coefficient (Wildman–Crippen LogP) is 6.70. The molecule has 0 unspecified atom stereocenters. The Bertz CT molecular complexity index is 818. The average molecular weight is 437 g/mol. The Labute approximate surface area is 163 Å². The highest BCUT2D eigenvalue weighted by Crippen LogP contribution is 2.41. The summed E-state index contributed by atoms with van der Waals surface area (Å²) in [5.74, 6) is 0.870. The van der Waals surface area contributed by atoms with Crippen molar-refractivity contribution < 1.29 is 0 Å². The molecule has 124 valence electrons. The van der Waals surface area contributed by atoms with E-state index in [1.807, 2.05) is 35.7 Å². The largest absolute Gasteiger partial charge is 0.365 e. The Balaban J connectivity index is 1.70. The van der Waals surface area contributed by atoms with Gasteiger partial charge in [-0.3, -0.25) is 0 Å². The lowest BCUT2D eigenvalue weighted by Crippen LogP contribution is -2.01. The number of anilines is 1. The highest BCUT2D eigenvalue weighted by Gasteiger charge is 2.10. The molecule has 0 radical (unpaired) electrons. The molecule has 0 bridgehead atoms. The smallest absolute Gasteiger partial charge is 0.140 e. The van der Waals surface area contributed by atoms with Crippen LogP contribution in [0.25, 0.3) is 0 Å². The standard InChI is InChI=1S/C18H17BrN2S3/c1-12-8-16(18(22-2)23-12)24-14-9-15(19)17(21-11-14)20-10-13-6-4-3-5-7-13/h3-9,11H,10H2,1-2H3,(H,20,21). The second-order valence-corrected chi connectivity index (χ2v) is 9.46. The van der Waals surface area contributed by atoms with Crippen molar-refractivity contribution in [2.45, 2.75) is 27.5 Å². The van der Waals surface area contributed by atoms with Gasteiger partial charge in [-0.25, -0.2) is 4.98 Å². The number of nitrogens with one attached hydrogen (secondary N) is 1. The monoisotopic (exact) mass is 436 g/mol. The van der Waals surface area contributed by atoms with Gasteiger partial charge in [0.25, 0.3) is 0 Å². The Morgan fingerprint density at radius 1 is 1.21 bits per heavy atom. The summed E-state index contributed by atoms with van der Waals surface area (Å²) in [6, 6.07) is 14.7. The van der Waals surface area contributed by atoms with Crippen molar-refractivity contribution in [2.24, 2.45) is 0 Å². The minimum atomic E-state index is 0.763. The number of hydrogen-bond acceptors (Lipinski definition) is 5. The summed E-state index contributed by atoms with van der Waals surface area (Å²) in [4.78, 5) is 8.36. The Morgan fingerprint density at radius 2 is 2.00 bits per heavy atom. The van der Waals surface area contributed by atoms with Gasteiger partial charge in [0.2, 0.25) is 0 Å². The normalized spacial score (nSPS) is 10.8. The van der Waals surface area contributed by atoms with Crippen LogP contribution in [0.15, 0.2) is 67.1 Å². The maximum absolute atomic E-state index is 4.57. The fourth-order valence-corrected chi connectivity index (χ4v) is 6.01. The van der Waals surface area contributed by atoms with Crippen molar-refractivity contribution in [1.29, 1.82) is 0 Å². The first kappa shape index (κ1) is 17.9. The van der Waals surface area contributed by atoms with Crippen molar-refractivity contribution in [3.63, 3.8) is 0 Å². The molecule has 1 aromatic carbocycles. The quantitative estimate of drug-likeness (QED) is 0.434. The van der Waals surface area contributed by atoms with E-state index in [2.05, 4.69) is 63.7 Å². The molecule has 0 fully saturated rings. The summed E-state index contributed by atoms with van der Waals surface area (Å²) in [6.07, 6.45) is 4.06. The van der Waals surface area contributed by atoms with Gasteiger partial charge in [-0.05, 0) is 46.8 Å². The molecule has 0 saturated carbocycles. The van der Waals surface area contributed by atoms with Gasteiger partial charge in [0.05, 0.1) is 8.68 Å². The van der Waals surface area contributed by atoms with E-state index in [4.69, 9.17) is 0 Å². The number of thioether (sulfide) groups is 1. The number of halogens is 1. The molecule has 0 atom stereocenters. The number of nitrogens with zero attached hydrogens (tertiary/aromatic N) is 1. The summed E-state index contributed by atoms with van der Waals surface area (Å²) >= 11 is 9.05. The molecule has 2 heterocycles. The van der Waals surface area contributed by atoms with Crippen LogP contribution in [0.1, 0.15) is 10.4 Å². The molecule has 0 aliphatic heterocycles. The van der Waals surface area contributed by atoms with Crippen LogP contribution < -0.4 is 5.32 Å². The molecule has 0 aliphatic carbocycles. The molecule has 2 aromatic heterocycles. The van der Waals surface area contributed by atoms with E-state index < -0.39 is 0 Å². The van der Waals surface area contributed by atoms with E-state index >= 15 is 0 Å². The lowest BCUT2D eigenvalue weighted by atomic mass is 10.2. The van der Waals surface area contributed by atoms with Gasteiger partial charge >= 0.3 is 0 Å². The molecular weight excluding hydrogens is 420 g/mol. The first-order valence-electron chi connectivity index (χ1n) is 7.41. The zero-order chi connectivity index (χ0) is 16.9. The highest BCUT2D eigenvalue weighted by atomic mass is 79.9. The fourth-order valence-electron chi connectivity index (χ4n) is 2.20. The first-order valence-corrected chi connectivity index (χ1v) is 11.1.